The summed E-state index contributed by atoms with van der Waals surface area (Å²) in [5, 5.41) is 2.08. The topological polar surface area (TPSA) is 59.5 Å². The molecule has 0 aromatic carbocycles. The third kappa shape index (κ3) is 6.14. The van der Waals surface area contributed by atoms with Crippen LogP contribution in [0.1, 0.15) is 38.3 Å². The number of carbonyl (C=O) groups is 2. The molecule has 5 nitrogen and oxygen atoms in total. The monoisotopic (exact) mass is 356 g/mol. The number of nitrogens with zero attached hydrogens (tertiary/aromatic N) is 2. The van der Waals surface area contributed by atoms with Gasteiger partial charge in [-0.2, -0.15) is 0 Å². The lowest BCUT2D eigenvalue weighted by Gasteiger charge is -2.31. The Morgan fingerprint density at radius 2 is 2.13 bits per heavy atom. The molecular weight excluding hydrogens is 332 g/mol. The van der Waals surface area contributed by atoms with Gasteiger partial charge in [0, 0.05) is 36.3 Å². The lowest BCUT2D eigenvalue weighted by Crippen LogP contribution is -2.39. The summed E-state index contributed by atoms with van der Waals surface area (Å²) in [6, 6.07) is 0. The zero-order valence-corrected chi connectivity index (χ0v) is 15.4. The maximum atomic E-state index is 12.1. The lowest BCUT2D eigenvalue weighted by atomic mass is 9.98. The summed E-state index contributed by atoms with van der Waals surface area (Å²) < 4.78 is 5.99. The van der Waals surface area contributed by atoms with Gasteiger partial charge < -0.3 is 9.64 Å². The van der Waals surface area contributed by atoms with E-state index in [9.17, 15) is 9.59 Å². The summed E-state index contributed by atoms with van der Waals surface area (Å²) in [6.07, 6.45) is 2.51. The fraction of sp³-hybridized carbons (Fsp3) is 0.688. The van der Waals surface area contributed by atoms with Gasteiger partial charge in [0.2, 0.25) is 5.91 Å². The molecule has 1 aliphatic rings. The summed E-state index contributed by atoms with van der Waals surface area (Å²) in [4.78, 5) is 29.8. The Labute approximate surface area is 145 Å². The number of thiazole rings is 1. The van der Waals surface area contributed by atoms with Gasteiger partial charge in [0.15, 0.2) is 0 Å². The van der Waals surface area contributed by atoms with E-state index >= 15 is 0 Å². The molecule has 1 aromatic rings. The Morgan fingerprint density at radius 1 is 1.39 bits per heavy atom. The third-order valence-corrected chi connectivity index (χ3v) is 6.23. The Hall–Kier alpha value is -1.08. The van der Waals surface area contributed by atoms with Crippen LogP contribution in [-0.4, -0.2) is 47.2 Å². The molecule has 1 amide bonds. The van der Waals surface area contributed by atoms with Crippen molar-refractivity contribution in [3.8, 4) is 0 Å². The smallest absolute Gasteiger partial charge is 0.306 e. The number of hydrogen-bond donors (Lipinski definition) is 0. The van der Waals surface area contributed by atoms with E-state index in [-0.39, 0.29) is 24.7 Å². The first kappa shape index (κ1) is 18.3. The predicted molar refractivity (Wildman–Crippen MR) is 92.7 cm³/mol. The van der Waals surface area contributed by atoms with Crippen LogP contribution in [0.4, 0.5) is 0 Å². The molecule has 0 saturated carbocycles. The van der Waals surface area contributed by atoms with Gasteiger partial charge in [-0.25, -0.2) is 4.98 Å². The van der Waals surface area contributed by atoms with Gasteiger partial charge in [-0.15, -0.1) is 11.3 Å². The number of esters is 1. The summed E-state index contributed by atoms with van der Waals surface area (Å²) in [5.41, 5.74) is 1.08. The van der Waals surface area contributed by atoms with E-state index in [1.54, 1.807) is 18.3 Å². The number of hydrogen-bond acceptors (Lipinski definition) is 6. The standard InChI is InChI=1S/C16H24N2O3S2/c1-3-21-15(20)5-4-14(19)18-8-6-13(7-9-18)11-23-16-17-12(2)10-22-16/h10,13H,3-9,11H2,1-2H3. The van der Waals surface area contributed by atoms with Crippen LogP contribution >= 0.6 is 23.1 Å². The fourth-order valence-corrected chi connectivity index (χ4v) is 4.60. The van der Waals surface area contributed by atoms with E-state index in [4.69, 9.17) is 4.74 Å². The molecule has 0 unspecified atom stereocenters. The van der Waals surface area contributed by atoms with Crippen LogP contribution in [0, 0.1) is 12.8 Å². The van der Waals surface area contributed by atoms with Crippen LogP contribution in [0.3, 0.4) is 0 Å². The minimum absolute atomic E-state index is 0.0692. The van der Waals surface area contributed by atoms with Crippen LogP contribution in [0.15, 0.2) is 9.72 Å². The van der Waals surface area contributed by atoms with Crippen LogP contribution in [0.2, 0.25) is 0 Å². The largest absolute Gasteiger partial charge is 0.466 e. The molecule has 1 fully saturated rings. The van der Waals surface area contributed by atoms with Crippen molar-refractivity contribution in [1.82, 2.24) is 9.88 Å². The zero-order chi connectivity index (χ0) is 16.7. The van der Waals surface area contributed by atoms with Crippen LogP contribution in [-0.2, 0) is 14.3 Å². The summed E-state index contributed by atoms with van der Waals surface area (Å²) >= 11 is 3.52. The van der Waals surface area contributed by atoms with E-state index in [2.05, 4.69) is 10.4 Å². The highest BCUT2D eigenvalue weighted by Gasteiger charge is 2.23. The molecule has 0 N–H and O–H groups in total. The first-order valence-corrected chi connectivity index (χ1v) is 9.93. The van der Waals surface area contributed by atoms with Gasteiger partial charge in [0.05, 0.1) is 13.0 Å². The van der Waals surface area contributed by atoms with Gasteiger partial charge in [-0.05, 0) is 32.6 Å². The van der Waals surface area contributed by atoms with Gasteiger partial charge in [0.25, 0.3) is 0 Å². The van der Waals surface area contributed by atoms with Crippen LogP contribution in [0.25, 0.3) is 0 Å². The van der Waals surface area contributed by atoms with Crippen LogP contribution < -0.4 is 0 Å². The normalized spacial score (nSPS) is 15.7. The number of aryl methyl sites for hydroxylation is 1. The van der Waals surface area contributed by atoms with Crippen molar-refractivity contribution in [1.29, 1.82) is 0 Å². The van der Waals surface area contributed by atoms with Crippen molar-refractivity contribution in [2.24, 2.45) is 5.92 Å². The molecular formula is C16H24N2O3S2. The minimum Gasteiger partial charge on any atom is -0.466 e. The Morgan fingerprint density at radius 3 is 2.74 bits per heavy atom. The molecule has 0 spiro atoms. The van der Waals surface area contributed by atoms with Crippen molar-refractivity contribution in [2.75, 3.05) is 25.4 Å². The van der Waals surface area contributed by atoms with Crippen molar-refractivity contribution in [3.63, 3.8) is 0 Å². The van der Waals surface area contributed by atoms with E-state index in [1.807, 2.05) is 23.6 Å². The minimum atomic E-state index is -0.286. The maximum absolute atomic E-state index is 12.1. The molecule has 1 saturated heterocycles. The average Bonchev–Trinajstić information content (AvgIpc) is 2.97. The molecule has 1 aliphatic heterocycles. The molecule has 23 heavy (non-hydrogen) atoms. The zero-order valence-electron chi connectivity index (χ0n) is 13.7. The number of thioether (sulfide) groups is 1. The number of amides is 1. The Balaban J connectivity index is 1.65. The fourth-order valence-electron chi connectivity index (χ4n) is 2.54. The van der Waals surface area contributed by atoms with Gasteiger partial charge in [0.1, 0.15) is 4.34 Å². The number of likely N-dealkylation sites (tertiary alicyclic amines) is 1. The van der Waals surface area contributed by atoms with E-state index < -0.39 is 0 Å². The molecule has 7 heteroatoms. The molecule has 0 bridgehead atoms. The molecule has 0 atom stereocenters. The SMILES string of the molecule is CCOC(=O)CCC(=O)N1CCC(CSc2nc(C)cs2)CC1. The molecule has 0 aliphatic carbocycles. The number of piperidine rings is 1. The number of rotatable bonds is 7. The van der Waals surface area contributed by atoms with Crippen LogP contribution in [0.5, 0.6) is 0 Å². The predicted octanol–water partition coefficient (Wildman–Crippen LogP) is 3.13. The third-order valence-electron chi connectivity index (χ3n) is 3.86. The first-order valence-electron chi connectivity index (χ1n) is 8.06. The Bertz CT molecular complexity index is 525. The second kappa shape index (κ2) is 9.27. The van der Waals surface area contributed by atoms with Crippen molar-refractivity contribution in [2.45, 2.75) is 43.9 Å². The van der Waals surface area contributed by atoms with Crippen molar-refractivity contribution < 1.29 is 14.3 Å². The quantitative estimate of drug-likeness (QED) is 0.555. The Kier molecular flexibility index (Phi) is 7.36. The van der Waals surface area contributed by atoms with Crippen molar-refractivity contribution in [3.05, 3.63) is 11.1 Å². The molecule has 1 aromatic heterocycles. The van der Waals surface area contributed by atoms with Gasteiger partial charge >= 0.3 is 5.97 Å². The average molecular weight is 357 g/mol. The maximum Gasteiger partial charge on any atom is 0.306 e. The van der Waals surface area contributed by atoms with Gasteiger partial charge in [-0.3, -0.25) is 9.59 Å². The highest BCUT2D eigenvalue weighted by Crippen LogP contribution is 2.28. The number of aromatic nitrogens is 1. The number of carbonyl (C=O) groups excluding carboxylic acids is 2. The van der Waals surface area contributed by atoms with E-state index in [0.29, 0.717) is 12.5 Å². The highest BCUT2D eigenvalue weighted by atomic mass is 32.2. The second-order valence-corrected chi connectivity index (χ2v) is 7.82. The second-order valence-electron chi connectivity index (χ2n) is 5.69. The molecule has 2 heterocycles. The van der Waals surface area contributed by atoms with Gasteiger partial charge in [-0.1, -0.05) is 11.8 Å². The van der Waals surface area contributed by atoms with Crippen molar-refractivity contribution >= 4 is 35.0 Å². The van der Waals surface area contributed by atoms with E-state index in [0.717, 1.165) is 41.7 Å². The lowest BCUT2D eigenvalue weighted by molar-refractivity contribution is -0.146. The summed E-state index contributed by atoms with van der Waals surface area (Å²) in [7, 11) is 0. The summed E-state index contributed by atoms with van der Waals surface area (Å²) in [5.74, 6) is 1.49. The summed E-state index contributed by atoms with van der Waals surface area (Å²) in [6.45, 7) is 5.75. The molecule has 2 rings (SSSR count). The molecule has 128 valence electrons. The van der Waals surface area contributed by atoms with E-state index in [1.165, 1.54) is 0 Å². The molecule has 0 radical (unpaired) electrons. The highest BCUT2D eigenvalue weighted by molar-refractivity contribution is 8.01. The first-order chi connectivity index (χ1) is 11.1. The number of ether oxygens (including phenoxy) is 1.